The minimum absolute atomic E-state index is 0.115. The Balaban J connectivity index is 3.69. The van der Waals surface area contributed by atoms with Crippen molar-refractivity contribution in [1.82, 2.24) is 0 Å². The van der Waals surface area contributed by atoms with Crippen LogP contribution in [-0.4, -0.2) is 47.6 Å². The highest BCUT2D eigenvalue weighted by Gasteiger charge is 2.16. The van der Waals surface area contributed by atoms with Gasteiger partial charge in [0.05, 0.1) is 12.7 Å². The van der Waals surface area contributed by atoms with E-state index >= 15 is 0 Å². The molecule has 0 amide bonds. The lowest BCUT2D eigenvalue weighted by molar-refractivity contribution is -0.161. The molecule has 0 saturated heterocycles. The predicted octanol–water partition coefficient (Wildman–Crippen LogP) is 11.8. The summed E-state index contributed by atoms with van der Waals surface area (Å²) in [6.45, 7) is 6.37. The number of allylic oxidation sites excluding steroid dienone is 6. The van der Waals surface area contributed by atoms with E-state index in [2.05, 4.69) is 26.8 Å². The van der Waals surface area contributed by atoms with Gasteiger partial charge in [0.1, 0.15) is 6.61 Å². The lowest BCUT2D eigenvalue weighted by atomic mass is 9.99. The molecule has 2 N–H and O–H groups in total. The van der Waals surface area contributed by atoms with Crippen LogP contribution in [0.4, 0.5) is 0 Å². The largest absolute Gasteiger partial charge is 0.462 e. The highest BCUT2D eigenvalue weighted by molar-refractivity contribution is 5.70. The van der Waals surface area contributed by atoms with Gasteiger partial charge in [0.15, 0.2) is 6.10 Å². The van der Waals surface area contributed by atoms with Crippen LogP contribution < -0.4 is 0 Å². The van der Waals surface area contributed by atoms with Crippen LogP contribution in [0.15, 0.2) is 48.6 Å². The Kier molecular flexibility index (Phi) is 36.4. The molecular weight excluding hydrogens is 624 g/mol. The quantitative estimate of drug-likeness (QED) is 0.0292. The average Bonchev–Trinajstić information content (AvgIpc) is 3.11. The van der Waals surface area contributed by atoms with Crippen LogP contribution in [0.25, 0.3) is 0 Å². The summed E-state index contributed by atoms with van der Waals surface area (Å²) in [6, 6.07) is 0. The summed E-state index contributed by atoms with van der Waals surface area (Å²) in [5.74, 6) is 0.199. The zero-order chi connectivity index (χ0) is 36.8. The van der Waals surface area contributed by atoms with Gasteiger partial charge < -0.3 is 19.7 Å². The van der Waals surface area contributed by atoms with Gasteiger partial charge in [-0.2, -0.15) is 0 Å². The van der Waals surface area contributed by atoms with Gasteiger partial charge in [0, 0.05) is 12.8 Å². The second-order valence-corrected chi connectivity index (χ2v) is 14.2. The minimum Gasteiger partial charge on any atom is -0.462 e. The third-order valence-corrected chi connectivity index (χ3v) is 9.25. The lowest BCUT2D eigenvalue weighted by Gasteiger charge is -2.15. The van der Waals surface area contributed by atoms with Crippen LogP contribution >= 0.6 is 0 Å². The first-order valence-electron chi connectivity index (χ1n) is 20.7. The zero-order valence-corrected chi connectivity index (χ0v) is 32.7. The van der Waals surface area contributed by atoms with Gasteiger partial charge in [-0.25, -0.2) is 0 Å². The summed E-state index contributed by atoms with van der Waals surface area (Å²) in [4.78, 5) is 24.3. The molecule has 0 rings (SSSR count). The van der Waals surface area contributed by atoms with E-state index in [1.165, 1.54) is 103 Å². The average molecular weight is 703 g/mol. The normalized spacial score (nSPS) is 13.9. The van der Waals surface area contributed by atoms with Gasteiger partial charge in [-0.3, -0.25) is 9.59 Å². The molecular formula is C44H78O6. The molecule has 0 aliphatic heterocycles. The molecule has 0 heterocycles. The molecule has 290 valence electrons. The van der Waals surface area contributed by atoms with Crippen molar-refractivity contribution < 1.29 is 29.3 Å². The van der Waals surface area contributed by atoms with E-state index in [0.717, 1.165) is 44.4 Å². The van der Waals surface area contributed by atoms with Crippen molar-refractivity contribution in [2.24, 2.45) is 5.92 Å². The van der Waals surface area contributed by atoms with Gasteiger partial charge in [-0.1, -0.05) is 179 Å². The van der Waals surface area contributed by atoms with E-state index in [1.807, 2.05) is 42.5 Å². The van der Waals surface area contributed by atoms with Crippen molar-refractivity contribution in [3.8, 4) is 0 Å². The summed E-state index contributed by atoms with van der Waals surface area (Å²) in [6.07, 6.45) is 43.4. The Hall–Kier alpha value is -2.18. The zero-order valence-electron chi connectivity index (χ0n) is 32.7. The molecule has 0 spiro atoms. The molecule has 1 unspecified atom stereocenters. The third-order valence-electron chi connectivity index (χ3n) is 9.25. The SMILES string of the molecule is CCCCC/C=C\C=C/[C@@H](O)C/C=C\C/C=C/CCCC(=O)OC[C@H](CO)OC(=O)CCCCCCCCCCCCCCCCC(C)CC. The number of hydrogen-bond acceptors (Lipinski definition) is 6. The molecule has 50 heavy (non-hydrogen) atoms. The molecule has 3 atom stereocenters. The molecule has 0 aromatic heterocycles. The number of rotatable bonds is 36. The molecule has 0 aliphatic rings. The van der Waals surface area contributed by atoms with Crippen LogP contribution in [0.1, 0.15) is 188 Å². The first-order valence-corrected chi connectivity index (χ1v) is 20.7. The molecule has 0 bridgehead atoms. The maximum absolute atomic E-state index is 12.2. The molecule has 0 radical (unpaired) electrons. The summed E-state index contributed by atoms with van der Waals surface area (Å²) in [7, 11) is 0. The molecule has 6 nitrogen and oxygen atoms in total. The smallest absolute Gasteiger partial charge is 0.306 e. The fraction of sp³-hybridized carbons (Fsp3) is 0.773. The number of ether oxygens (including phenoxy) is 2. The Morgan fingerprint density at radius 3 is 1.84 bits per heavy atom. The van der Waals surface area contributed by atoms with E-state index in [1.54, 1.807) is 0 Å². The lowest BCUT2D eigenvalue weighted by Crippen LogP contribution is -2.28. The highest BCUT2D eigenvalue weighted by atomic mass is 16.6. The van der Waals surface area contributed by atoms with Crippen molar-refractivity contribution in [2.45, 2.75) is 200 Å². The topological polar surface area (TPSA) is 93.1 Å². The molecule has 6 heteroatoms. The van der Waals surface area contributed by atoms with E-state index in [9.17, 15) is 19.8 Å². The second-order valence-electron chi connectivity index (χ2n) is 14.2. The standard InChI is InChI=1S/C44H78O6/c1-4-6-7-8-18-24-29-34-41(46)35-30-25-20-17-22-26-31-36-43(47)49-39-42(38-45)50-44(48)37-32-27-21-16-14-12-10-9-11-13-15-19-23-28-33-40(3)5-2/h17-18,22,24-25,29-30,34,40-42,45-46H,4-16,19-21,23,26-28,31-33,35-39H2,1-3H3/b22-17+,24-18-,30-25-,34-29-/t40?,41-,42+/m1/s1. The predicted molar refractivity (Wildman–Crippen MR) is 211 cm³/mol. The van der Waals surface area contributed by atoms with Gasteiger partial charge in [-0.05, 0) is 50.9 Å². The van der Waals surface area contributed by atoms with Crippen molar-refractivity contribution >= 4 is 11.9 Å². The second kappa shape index (κ2) is 38.1. The monoisotopic (exact) mass is 703 g/mol. The molecule has 0 aromatic carbocycles. The van der Waals surface area contributed by atoms with Gasteiger partial charge in [0.2, 0.25) is 0 Å². The Bertz CT molecular complexity index is 876. The van der Waals surface area contributed by atoms with Gasteiger partial charge in [-0.15, -0.1) is 0 Å². The summed E-state index contributed by atoms with van der Waals surface area (Å²) < 4.78 is 10.6. The van der Waals surface area contributed by atoms with E-state index in [-0.39, 0.29) is 31.6 Å². The van der Waals surface area contributed by atoms with Crippen molar-refractivity contribution in [3.05, 3.63) is 48.6 Å². The van der Waals surface area contributed by atoms with Crippen molar-refractivity contribution in [1.29, 1.82) is 0 Å². The van der Waals surface area contributed by atoms with Gasteiger partial charge in [0.25, 0.3) is 0 Å². The Morgan fingerprint density at radius 1 is 0.640 bits per heavy atom. The number of carbonyl (C=O) groups is 2. The van der Waals surface area contributed by atoms with Crippen molar-refractivity contribution in [2.75, 3.05) is 13.2 Å². The number of carbonyl (C=O) groups excluding carboxylic acids is 2. The van der Waals surface area contributed by atoms with E-state index < -0.39 is 12.2 Å². The fourth-order valence-corrected chi connectivity index (χ4v) is 5.66. The maximum atomic E-state index is 12.2. The number of hydrogen-bond donors (Lipinski definition) is 2. The van der Waals surface area contributed by atoms with Crippen LogP contribution in [0.2, 0.25) is 0 Å². The number of aliphatic hydroxyl groups is 2. The minimum atomic E-state index is -0.811. The fourth-order valence-electron chi connectivity index (χ4n) is 5.66. The van der Waals surface area contributed by atoms with Crippen LogP contribution in [0.3, 0.4) is 0 Å². The summed E-state index contributed by atoms with van der Waals surface area (Å²) >= 11 is 0. The van der Waals surface area contributed by atoms with E-state index in [0.29, 0.717) is 19.3 Å². The highest BCUT2D eigenvalue weighted by Crippen LogP contribution is 2.16. The molecule has 0 fully saturated rings. The van der Waals surface area contributed by atoms with Crippen molar-refractivity contribution in [3.63, 3.8) is 0 Å². The summed E-state index contributed by atoms with van der Waals surface area (Å²) in [5.41, 5.74) is 0. The first-order chi connectivity index (χ1) is 24.4. The van der Waals surface area contributed by atoms with Crippen LogP contribution in [0, 0.1) is 5.92 Å². The number of esters is 2. The van der Waals surface area contributed by atoms with Crippen LogP contribution in [-0.2, 0) is 19.1 Å². The Labute approximate surface area is 308 Å². The molecule has 0 saturated carbocycles. The maximum Gasteiger partial charge on any atom is 0.306 e. The Morgan fingerprint density at radius 2 is 1.22 bits per heavy atom. The molecule has 0 aliphatic carbocycles. The molecule has 0 aromatic rings. The van der Waals surface area contributed by atoms with Crippen LogP contribution in [0.5, 0.6) is 0 Å². The third kappa shape index (κ3) is 35.6. The van der Waals surface area contributed by atoms with E-state index in [4.69, 9.17) is 9.47 Å². The number of aliphatic hydroxyl groups excluding tert-OH is 2. The first kappa shape index (κ1) is 47.8. The number of unbranched alkanes of at least 4 members (excludes halogenated alkanes) is 17. The van der Waals surface area contributed by atoms with Gasteiger partial charge >= 0.3 is 11.9 Å². The summed E-state index contributed by atoms with van der Waals surface area (Å²) in [5, 5.41) is 19.6.